The van der Waals surface area contributed by atoms with Gasteiger partial charge in [0.05, 0.1) is 28.5 Å². The minimum Gasteiger partial charge on any atom is -0.465 e. The Labute approximate surface area is 184 Å². The van der Waals surface area contributed by atoms with Gasteiger partial charge in [-0.15, -0.1) is 11.8 Å². The maximum absolute atomic E-state index is 13.0. The van der Waals surface area contributed by atoms with Gasteiger partial charge < -0.3 is 15.4 Å². The highest BCUT2D eigenvalue weighted by Gasteiger charge is 2.27. The van der Waals surface area contributed by atoms with Gasteiger partial charge in [0.25, 0.3) is 0 Å². The zero-order chi connectivity index (χ0) is 22.6. The van der Waals surface area contributed by atoms with Crippen molar-refractivity contribution in [2.75, 3.05) is 23.5 Å². The first-order valence-electron chi connectivity index (χ1n) is 9.49. The van der Waals surface area contributed by atoms with Crippen molar-refractivity contribution in [3.8, 4) is 0 Å². The summed E-state index contributed by atoms with van der Waals surface area (Å²) >= 11 is 1.49. The molecule has 0 spiro atoms. The quantitative estimate of drug-likeness (QED) is 0.633. The fourth-order valence-corrected chi connectivity index (χ4v) is 5.31. The van der Waals surface area contributed by atoms with E-state index >= 15 is 0 Å². The van der Waals surface area contributed by atoms with Crippen LogP contribution in [0.15, 0.2) is 52.3 Å². The molecule has 10 heteroatoms. The van der Waals surface area contributed by atoms with Crippen LogP contribution in [-0.2, 0) is 24.2 Å². The SMILES string of the molecule is COC(=O)c1ccc(NC(=O)CC(C)S(=O)(=O)c2ccc3c(c2)NC(=O)CCS3)cc1. The number of anilines is 2. The standard InChI is InChI=1S/C21H22N2O6S2/c1-13(11-20(25)22-15-5-3-14(4-6-15)21(26)29-2)31(27,28)16-7-8-18-17(12-16)23-19(24)9-10-30-18/h3-8,12-13H,9-11H2,1-2H3,(H,22,25)(H,23,24). The number of benzene rings is 2. The maximum atomic E-state index is 13.0. The van der Waals surface area contributed by atoms with E-state index in [1.54, 1.807) is 6.07 Å². The topological polar surface area (TPSA) is 119 Å². The normalized spacial score (nSPS) is 14.6. The number of fused-ring (bicyclic) bond motifs is 1. The molecule has 0 aromatic heterocycles. The summed E-state index contributed by atoms with van der Waals surface area (Å²) in [6, 6.07) is 10.7. The lowest BCUT2D eigenvalue weighted by Crippen LogP contribution is -2.25. The first-order chi connectivity index (χ1) is 14.7. The molecule has 0 bridgehead atoms. The lowest BCUT2D eigenvalue weighted by molar-refractivity contribution is -0.116. The zero-order valence-electron chi connectivity index (χ0n) is 17.0. The molecule has 2 aromatic carbocycles. The van der Waals surface area contributed by atoms with E-state index < -0.39 is 27.0 Å². The minimum absolute atomic E-state index is 0.0526. The number of rotatable bonds is 6. The van der Waals surface area contributed by atoms with Gasteiger partial charge in [-0.3, -0.25) is 9.59 Å². The van der Waals surface area contributed by atoms with E-state index in [4.69, 9.17) is 0 Å². The van der Waals surface area contributed by atoms with Gasteiger partial charge in [-0.2, -0.15) is 0 Å². The molecule has 2 N–H and O–H groups in total. The average molecular weight is 463 g/mol. The molecule has 3 rings (SSSR count). The molecule has 1 heterocycles. The highest BCUT2D eigenvalue weighted by molar-refractivity contribution is 7.99. The van der Waals surface area contributed by atoms with Crippen LogP contribution in [0.25, 0.3) is 0 Å². The van der Waals surface area contributed by atoms with Crippen LogP contribution in [0, 0.1) is 0 Å². The van der Waals surface area contributed by atoms with E-state index in [-0.39, 0.29) is 17.2 Å². The molecule has 0 aliphatic carbocycles. The Morgan fingerprint density at radius 2 is 1.90 bits per heavy atom. The second kappa shape index (κ2) is 9.52. The van der Waals surface area contributed by atoms with Crippen molar-refractivity contribution in [1.82, 2.24) is 0 Å². The molecule has 164 valence electrons. The van der Waals surface area contributed by atoms with Crippen LogP contribution >= 0.6 is 11.8 Å². The van der Waals surface area contributed by atoms with Gasteiger partial charge in [-0.05, 0) is 49.4 Å². The third-order valence-electron chi connectivity index (χ3n) is 4.73. The predicted molar refractivity (Wildman–Crippen MR) is 118 cm³/mol. The summed E-state index contributed by atoms with van der Waals surface area (Å²) in [5, 5.41) is 4.38. The van der Waals surface area contributed by atoms with Gasteiger partial charge in [0.1, 0.15) is 0 Å². The number of sulfone groups is 1. The molecule has 8 nitrogen and oxygen atoms in total. The Balaban J connectivity index is 1.69. The van der Waals surface area contributed by atoms with Gasteiger partial charge in [-0.1, -0.05) is 0 Å². The lowest BCUT2D eigenvalue weighted by Gasteiger charge is -2.15. The number of amides is 2. The van der Waals surface area contributed by atoms with Gasteiger partial charge >= 0.3 is 5.97 Å². The van der Waals surface area contributed by atoms with Crippen molar-refractivity contribution < 1.29 is 27.5 Å². The van der Waals surface area contributed by atoms with Gasteiger partial charge in [0.15, 0.2) is 9.84 Å². The molecule has 1 aliphatic rings. The number of methoxy groups -OCH3 is 1. The van der Waals surface area contributed by atoms with Crippen LogP contribution in [0.1, 0.15) is 30.1 Å². The van der Waals surface area contributed by atoms with E-state index in [2.05, 4.69) is 15.4 Å². The summed E-state index contributed by atoms with van der Waals surface area (Å²) in [6.07, 6.45) is 0.109. The lowest BCUT2D eigenvalue weighted by atomic mass is 10.2. The van der Waals surface area contributed by atoms with E-state index in [0.29, 0.717) is 29.1 Å². The molecule has 1 aliphatic heterocycles. The Morgan fingerprint density at radius 3 is 2.58 bits per heavy atom. The van der Waals surface area contributed by atoms with Crippen molar-refractivity contribution in [3.05, 3.63) is 48.0 Å². The number of esters is 1. The molecule has 0 radical (unpaired) electrons. The van der Waals surface area contributed by atoms with Crippen molar-refractivity contribution >= 4 is 50.8 Å². The average Bonchev–Trinajstić information content (AvgIpc) is 2.93. The first kappa shape index (κ1) is 22.8. The third kappa shape index (κ3) is 5.45. The smallest absolute Gasteiger partial charge is 0.337 e. The van der Waals surface area contributed by atoms with Crippen LogP contribution in [0.4, 0.5) is 11.4 Å². The number of ether oxygens (including phenoxy) is 1. The highest BCUT2D eigenvalue weighted by atomic mass is 32.2. The second-order valence-corrected chi connectivity index (χ2v) is 10.5. The Hall–Kier alpha value is -2.85. The van der Waals surface area contributed by atoms with Crippen LogP contribution < -0.4 is 10.6 Å². The van der Waals surface area contributed by atoms with Crippen LogP contribution in [0.2, 0.25) is 0 Å². The minimum atomic E-state index is -3.79. The van der Waals surface area contributed by atoms with E-state index in [9.17, 15) is 22.8 Å². The van der Waals surface area contributed by atoms with Gasteiger partial charge in [-0.25, -0.2) is 13.2 Å². The first-order valence-corrected chi connectivity index (χ1v) is 12.0. The second-order valence-electron chi connectivity index (χ2n) is 6.98. The third-order valence-corrected chi connectivity index (χ3v) is 7.95. The van der Waals surface area contributed by atoms with Crippen LogP contribution in [0.5, 0.6) is 0 Å². The number of nitrogens with one attached hydrogen (secondary N) is 2. The Bertz CT molecular complexity index is 1110. The molecular weight excluding hydrogens is 440 g/mol. The van der Waals surface area contributed by atoms with Gasteiger partial charge in [0.2, 0.25) is 11.8 Å². The Kier molecular flexibility index (Phi) is 7.01. The van der Waals surface area contributed by atoms with Crippen LogP contribution in [0.3, 0.4) is 0 Å². The molecule has 0 fully saturated rings. The molecule has 0 saturated heterocycles. The summed E-state index contributed by atoms with van der Waals surface area (Å²) in [6.45, 7) is 1.47. The fourth-order valence-electron chi connectivity index (χ4n) is 3.00. The predicted octanol–water partition coefficient (Wildman–Crippen LogP) is 3.10. The summed E-state index contributed by atoms with van der Waals surface area (Å²) < 4.78 is 30.6. The van der Waals surface area contributed by atoms with Crippen molar-refractivity contribution in [3.63, 3.8) is 0 Å². The monoisotopic (exact) mass is 462 g/mol. The molecular formula is C21H22N2O6S2. The summed E-state index contributed by atoms with van der Waals surface area (Å²) in [7, 11) is -2.52. The fraction of sp³-hybridized carbons (Fsp3) is 0.286. The number of thioether (sulfide) groups is 1. The number of carbonyl (C=O) groups excluding carboxylic acids is 3. The molecule has 2 amide bonds. The van der Waals surface area contributed by atoms with E-state index in [1.165, 1.54) is 62.2 Å². The molecule has 1 unspecified atom stereocenters. The van der Waals surface area contributed by atoms with Gasteiger partial charge in [0, 0.05) is 29.2 Å². The zero-order valence-corrected chi connectivity index (χ0v) is 18.6. The summed E-state index contributed by atoms with van der Waals surface area (Å²) in [4.78, 5) is 36.5. The molecule has 2 aromatic rings. The summed E-state index contributed by atoms with van der Waals surface area (Å²) in [5.41, 5.74) is 1.24. The maximum Gasteiger partial charge on any atom is 0.337 e. The molecule has 0 saturated carbocycles. The van der Waals surface area contributed by atoms with E-state index in [0.717, 1.165) is 4.90 Å². The number of hydrogen-bond acceptors (Lipinski definition) is 7. The van der Waals surface area contributed by atoms with Crippen molar-refractivity contribution in [2.24, 2.45) is 0 Å². The van der Waals surface area contributed by atoms with Crippen molar-refractivity contribution in [1.29, 1.82) is 0 Å². The highest BCUT2D eigenvalue weighted by Crippen LogP contribution is 2.33. The van der Waals surface area contributed by atoms with Crippen molar-refractivity contribution in [2.45, 2.75) is 34.8 Å². The largest absolute Gasteiger partial charge is 0.465 e. The number of hydrogen-bond donors (Lipinski definition) is 2. The number of carbonyl (C=O) groups is 3. The summed E-state index contributed by atoms with van der Waals surface area (Å²) in [5.74, 6) is -0.498. The molecule has 31 heavy (non-hydrogen) atoms. The van der Waals surface area contributed by atoms with Crippen LogP contribution in [-0.4, -0.2) is 44.3 Å². The van der Waals surface area contributed by atoms with E-state index in [1.807, 2.05) is 0 Å². The molecule has 1 atom stereocenters. The Morgan fingerprint density at radius 1 is 1.19 bits per heavy atom.